The van der Waals surface area contributed by atoms with Gasteiger partial charge < -0.3 is 14.2 Å². The second-order valence-corrected chi connectivity index (χ2v) is 7.89. The number of fused-ring (bicyclic) bond motifs is 1. The van der Waals surface area contributed by atoms with Crippen molar-refractivity contribution < 1.29 is 18.6 Å². The first-order valence-electron chi connectivity index (χ1n) is 9.46. The van der Waals surface area contributed by atoms with Crippen LogP contribution in [-0.2, 0) is 17.9 Å². The van der Waals surface area contributed by atoms with Crippen LogP contribution in [0.2, 0.25) is 0 Å². The zero-order valence-corrected chi connectivity index (χ0v) is 17.3. The second-order valence-electron chi connectivity index (χ2n) is 6.83. The molecular formula is C20H18N4O6S. The number of amides is 1. The normalized spacial score (nSPS) is 11.1. The highest BCUT2D eigenvalue weighted by Crippen LogP contribution is 2.24. The van der Waals surface area contributed by atoms with Crippen LogP contribution >= 0.6 is 11.3 Å². The summed E-state index contributed by atoms with van der Waals surface area (Å²) >= 11 is 1.54. The van der Waals surface area contributed by atoms with Crippen molar-refractivity contribution in [2.75, 3.05) is 0 Å². The highest BCUT2D eigenvalue weighted by Gasteiger charge is 2.14. The lowest BCUT2D eigenvalue weighted by Gasteiger charge is -2.04. The summed E-state index contributed by atoms with van der Waals surface area (Å²) in [4.78, 5) is 38.8. The maximum atomic E-state index is 12.1. The number of nitrogens with zero attached hydrogens (tertiary/aromatic N) is 3. The topological polar surface area (TPSA) is 133 Å². The van der Waals surface area contributed by atoms with Crippen molar-refractivity contribution in [1.82, 2.24) is 14.9 Å². The van der Waals surface area contributed by atoms with Gasteiger partial charge in [-0.15, -0.1) is 11.3 Å². The molecular weight excluding hydrogens is 424 g/mol. The minimum atomic E-state index is -0.615. The number of thiazole rings is 1. The average molecular weight is 442 g/mol. The van der Waals surface area contributed by atoms with Gasteiger partial charge in [0, 0.05) is 24.4 Å². The molecule has 0 aliphatic rings. The zero-order chi connectivity index (χ0) is 22.0. The molecule has 0 saturated carbocycles. The number of carbonyl (C=O) groups is 1. The van der Waals surface area contributed by atoms with Crippen LogP contribution in [0.4, 0.5) is 5.69 Å². The van der Waals surface area contributed by atoms with Gasteiger partial charge in [0.1, 0.15) is 11.5 Å². The smallest absolute Gasteiger partial charge is 0.419 e. The number of nitrogens with one attached hydrogen (secondary N) is 1. The van der Waals surface area contributed by atoms with Crippen molar-refractivity contribution in [3.63, 3.8) is 0 Å². The van der Waals surface area contributed by atoms with Crippen molar-refractivity contribution in [3.8, 4) is 11.5 Å². The van der Waals surface area contributed by atoms with Crippen LogP contribution in [0.3, 0.4) is 0 Å². The molecule has 0 aliphatic carbocycles. The van der Waals surface area contributed by atoms with Crippen LogP contribution in [0.1, 0.15) is 23.6 Å². The molecule has 4 rings (SSSR count). The maximum Gasteiger partial charge on any atom is 0.419 e. The number of aromatic nitrogens is 2. The van der Waals surface area contributed by atoms with E-state index in [9.17, 15) is 19.7 Å². The van der Waals surface area contributed by atoms with Gasteiger partial charge in [0.25, 0.3) is 5.69 Å². The first-order valence-corrected chi connectivity index (χ1v) is 10.3. The van der Waals surface area contributed by atoms with E-state index in [1.54, 1.807) is 6.07 Å². The molecule has 0 spiro atoms. The van der Waals surface area contributed by atoms with E-state index in [0.717, 1.165) is 10.7 Å². The minimum absolute atomic E-state index is 0.146. The van der Waals surface area contributed by atoms with Gasteiger partial charge in [-0.25, -0.2) is 9.78 Å². The van der Waals surface area contributed by atoms with Crippen LogP contribution < -0.4 is 11.1 Å². The number of carbonyl (C=O) groups excluding carboxylic acids is 1. The SMILES string of the molecule is Cc1nc(-c2ccc(CNC(=O)CCCn3c(=O)oc4cc([N+](=O)[O-])ccc43)o2)cs1. The first-order chi connectivity index (χ1) is 14.9. The number of nitro groups is 1. The Labute approximate surface area is 179 Å². The molecule has 0 radical (unpaired) electrons. The second kappa shape index (κ2) is 8.56. The lowest BCUT2D eigenvalue weighted by atomic mass is 10.2. The minimum Gasteiger partial charge on any atom is -0.458 e. The van der Waals surface area contributed by atoms with Crippen LogP contribution in [-0.4, -0.2) is 20.4 Å². The van der Waals surface area contributed by atoms with E-state index in [4.69, 9.17) is 8.83 Å². The fourth-order valence-corrected chi connectivity index (χ4v) is 3.74. The van der Waals surface area contributed by atoms with E-state index in [1.165, 1.54) is 34.1 Å². The van der Waals surface area contributed by atoms with E-state index < -0.39 is 10.7 Å². The van der Waals surface area contributed by atoms with E-state index in [-0.39, 0.29) is 36.7 Å². The standard InChI is InChI=1S/C20H18N4O6S/c1-12-22-15(11-31-12)17-7-5-14(29-17)10-21-19(25)3-2-8-23-16-6-4-13(24(27)28)9-18(16)30-20(23)26/h4-7,9,11H,2-3,8,10H2,1H3,(H,21,25). The predicted molar refractivity (Wildman–Crippen MR) is 113 cm³/mol. The summed E-state index contributed by atoms with van der Waals surface area (Å²) in [5.74, 6) is 0.475. The van der Waals surface area contributed by atoms with Crippen LogP contribution in [0.15, 0.2) is 49.3 Å². The van der Waals surface area contributed by atoms with Crippen molar-refractivity contribution >= 4 is 34.0 Å². The molecule has 0 bridgehead atoms. The lowest BCUT2D eigenvalue weighted by Crippen LogP contribution is -2.23. The summed E-state index contributed by atoms with van der Waals surface area (Å²) in [5.41, 5.74) is 1.21. The molecule has 0 atom stereocenters. The van der Waals surface area contributed by atoms with E-state index >= 15 is 0 Å². The number of furan rings is 1. The number of hydrogen-bond donors (Lipinski definition) is 1. The third-order valence-electron chi connectivity index (χ3n) is 4.64. The summed E-state index contributed by atoms with van der Waals surface area (Å²) in [5, 5.41) is 16.5. The Morgan fingerprint density at radius 3 is 2.87 bits per heavy atom. The number of aryl methyl sites for hydroxylation is 2. The van der Waals surface area contributed by atoms with Crippen molar-refractivity contribution in [2.45, 2.75) is 32.9 Å². The van der Waals surface area contributed by atoms with Gasteiger partial charge in [0.2, 0.25) is 5.91 Å². The molecule has 160 valence electrons. The number of oxazole rings is 1. The summed E-state index contributed by atoms with van der Waals surface area (Å²) in [7, 11) is 0. The van der Waals surface area contributed by atoms with E-state index in [0.29, 0.717) is 23.5 Å². The molecule has 0 saturated heterocycles. The Morgan fingerprint density at radius 2 is 2.13 bits per heavy atom. The van der Waals surface area contributed by atoms with E-state index in [2.05, 4.69) is 10.3 Å². The van der Waals surface area contributed by atoms with Gasteiger partial charge >= 0.3 is 5.76 Å². The molecule has 31 heavy (non-hydrogen) atoms. The van der Waals surface area contributed by atoms with Gasteiger partial charge in [0.05, 0.1) is 28.1 Å². The average Bonchev–Trinajstić information content (AvgIpc) is 3.45. The lowest BCUT2D eigenvalue weighted by molar-refractivity contribution is -0.384. The summed E-state index contributed by atoms with van der Waals surface area (Å²) in [6, 6.07) is 7.60. The van der Waals surface area contributed by atoms with Crippen molar-refractivity contribution in [1.29, 1.82) is 0 Å². The highest BCUT2D eigenvalue weighted by molar-refractivity contribution is 7.09. The summed E-state index contributed by atoms with van der Waals surface area (Å²) in [6.07, 6.45) is 0.601. The van der Waals surface area contributed by atoms with Crippen molar-refractivity contribution in [2.24, 2.45) is 0 Å². The predicted octanol–water partition coefficient (Wildman–Crippen LogP) is 3.62. The molecule has 0 aliphatic heterocycles. The third kappa shape index (κ3) is 4.56. The van der Waals surface area contributed by atoms with Gasteiger partial charge in [-0.3, -0.25) is 19.5 Å². The van der Waals surface area contributed by atoms with Crippen molar-refractivity contribution in [3.05, 3.63) is 67.1 Å². The van der Waals surface area contributed by atoms with E-state index in [1.807, 2.05) is 18.4 Å². The van der Waals surface area contributed by atoms with Gasteiger partial charge in [-0.1, -0.05) is 0 Å². The molecule has 0 unspecified atom stereocenters. The molecule has 1 amide bonds. The molecule has 3 aromatic heterocycles. The van der Waals surface area contributed by atoms with Gasteiger partial charge in [0.15, 0.2) is 11.3 Å². The fourth-order valence-electron chi connectivity index (χ4n) is 3.14. The Hall–Kier alpha value is -3.73. The summed E-state index contributed by atoms with van der Waals surface area (Å²) < 4.78 is 12.2. The Morgan fingerprint density at radius 1 is 1.29 bits per heavy atom. The molecule has 10 nitrogen and oxygen atoms in total. The van der Waals surface area contributed by atoms with Gasteiger partial charge in [-0.2, -0.15) is 0 Å². The molecule has 0 fully saturated rings. The van der Waals surface area contributed by atoms with Crippen LogP contribution in [0, 0.1) is 17.0 Å². The van der Waals surface area contributed by atoms with Crippen LogP contribution in [0.5, 0.6) is 0 Å². The molecule has 1 N–H and O–H groups in total. The number of non-ortho nitro benzene ring substituents is 1. The number of benzene rings is 1. The van der Waals surface area contributed by atoms with Gasteiger partial charge in [-0.05, 0) is 31.5 Å². The Kier molecular flexibility index (Phi) is 5.67. The highest BCUT2D eigenvalue weighted by atomic mass is 32.1. The summed E-state index contributed by atoms with van der Waals surface area (Å²) in [6.45, 7) is 2.42. The Bertz CT molecular complexity index is 1310. The zero-order valence-electron chi connectivity index (χ0n) is 16.5. The molecule has 4 aromatic rings. The largest absolute Gasteiger partial charge is 0.458 e. The molecule has 11 heteroatoms. The monoisotopic (exact) mass is 442 g/mol. The number of rotatable bonds is 8. The maximum absolute atomic E-state index is 12.1. The quantitative estimate of drug-likeness (QED) is 0.325. The fraction of sp³-hybridized carbons (Fsp3) is 0.250. The number of nitro benzene ring substituents is 1. The number of hydrogen-bond acceptors (Lipinski definition) is 8. The molecule has 1 aromatic carbocycles. The Balaban J connectivity index is 1.30. The van der Waals surface area contributed by atoms with Crippen LogP contribution in [0.25, 0.3) is 22.6 Å². The third-order valence-corrected chi connectivity index (χ3v) is 5.41. The first kappa shape index (κ1) is 20.5. The molecule has 3 heterocycles.